The van der Waals surface area contributed by atoms with Gasteiger partial charge in [0, 0.05) is 5.56 Å². The van der Waals surface area contributed by atoms with Crippen LogP contribution in [0.25, 0.3) is 11.3 Å². The van der Waals surface area contributed by atoms with Crippen molar-refractivity contribution in [3.05, 3.63) is 65.4 Å². The van der Waals surface area contributed by atoms with Gasteiger partial charge in [0.15, 0.2) is 23.1 Å². The van der Waals surface area contributed by atoms with E-state index in [9.17, 15) is 13.6 Å². The number of nitrogens with two attached hydrogens (primary N) is 1. The highest BCUT2D eigenvalue weighted by atomic mass is 19.1. The van der Waals surface area contributed by atoms with Gasteiger partial charge in [-0.2, -0.15) is 15.4 Å². The average molecular weight is 330 g/mol. The number of primary amides is 1. The maximum absolute atomic E-state index is 14.2. The van der Waals surface area contributed by atoms with Crippen molar-refractivity contribution in [1.82, 2.24) is 15.4 Å². The molecular formula is C16H12F2N4O2. The van der Waals surface area contributed by atoms with Gasteiger partial charge in [0.1, 0.15) is 12.3 Å². The molecule has 0 radical (unpaired) electrons. The highest BCUT2D eigenvalue weighted by molar-refractivity contribution is 5.96. The molecule has 8 heteroatoms. The summed E-state index contributed by atoms with van der Waals surface area (Å²) in [6.07, 6.45) is 0. The van der Waals surface area contributed by atoms with Gasteiger partial charge in [-0.05, 0) is 17.7 Å². The summed E-state index contributed by atoms with van der Waals surface area (Å²) in [4.78, 5) is 11.2. The maximum atomic E-state index is 14.2. The molecule has 0 spiro atoms. The molecule has 24 heavy (non-hydrogen) atoms. The van der Waals surface area contributed by atoms with Crippen LogP contribution in [-0.2, 0) is 6.61 Å². The van der Waals surface area contributed by atoms with E-state index in [2.05, 4.69) is 15.4 Å². The van der Waals surface area contributed by atoms with Crippen LogP contribution in [0.5, 0.6) is 5.75 Å². The second-order valence-electron chi connectivity index (χ2n) is 4.93. The van der Waals surface area contributed by atoms with Crippen molar-refractivity contribution in [2.45, 2.75) is 6.61 Å². The number of aromatic amines is 1. The van der Waals surface area contributed by atoms with Crippen molar-refractivity contribution in [1.29, 1.82) is 0 Å². The molecule has 3 N–H and O–H groups in total. The van der Waals surface area contributed by atoms with Crippen LogP contribution in [-0.4, -0.2) is 21.3 Å². The molecule has 1 heterocycles. The smallest absolute Gasteiger partial charge is 0.271 e. The first-order valence-electron chi connectivity index (χ1n) is 6.93. The van der Waals surface area contributed by atoms with Gasteiger partial charge in [-0.3, -0.25) is 4.79 Å². The fraction of sp³-hybridized carbons (Fsp3) is 0.0625. The number of aromatic nitrogens is 3. The third kappa shape index (κ3) is 3.07. The summed E-state index contributed by atoms with van der Waals surface area (Å²) in [5.41, 5.74) is 5.70. The number of halogens is 2. The Balaban J connectivity index is 1.89. The Morgan fingerprint density at radius 2 is 1.79 bits per heavy atom. The van der Waals surface area contributed by atoms with E-state index in [1.54, 1.807) is 24.3 Å². The SMILES string of the molecule is NC(=O)c1n[nH]nc1-c1cc(F)c(OCc2ccccc2)c(F)c1. The monoisotopic (exact) mass is 330 g/mol. The maximum Gasteiger partial charge on any atom is 0.271 e. The molecule has 3 aromatic rings. The second kappa shape index (κ2) is 6.45. The Bertz CT molecular complexity index is 858. The number of amides is 1. The van der Waals surface area contributed by atoms with E-state index in [1.165, 1.54) is 0 Å². The number of nitrogens with one attached hydrogen (secondary N) is 1. The van der Waals surface area contributed by atoms with E-state index < -0.39 is 23.3 Å². The first-order valence-corrected chi connectivity index (χ1v) is 6.93. The first kappa shape index (κ1) is 15.6. The highest BCUT2D eigenvalue weighted by Crippen LogP contribution is 2.29. The van der Waals surface area contributed by atoms with Gasteiger partial charge in [0.05, 0.1) is 0 Å². The van der Waals surface area contributed by atoms with Crippen LogP contribution in [0.1, 0.15) is 16.1 Å². The largest absolute Gasteiger partial charge is 0.483 e. The topological polar surface area (TPSA) is 93.9 Å². The van der Waals surface area contributed by atoms with Crippen molar-refractivity contribution >= 4 is 5.91 Å². The van der Waals surface area contributed by atoms with Crippen LogP contribution in [0.2, 0.25) is 0 Å². The van der Waals surface area contributed by atoms with Crippen molar-refractivity contribution in [3.63, 3.8) is 0 Å². The Hall–Kier alpha value is -3.29. The lowest BCUT2D eigenvalue weighted by Crippen LogP contribution is -2.13. The third-order valence-electron chi connectivity index (χ3n) is 3.28. The minimum absolute atomic E-state index is 0.0184. The van der Waals surface area contributed by atoms with E-state index in [0.717, 1.165) is 17.7 Å². The highest BCUT2D eigenvalue weighted by Gasteiger charge is 2.20. The molecule has 0 bridgehead atoms. The number of hydrogen-bond acceptors (Lipinski definition) is 4. The lowest BCUT2D eigenvalue weighted by molar-refractivity contribution is 0.0996. The number of nitrogens with zero attached hydrogens (tertiary/aromatic N) is 2. The van der Waals surface area contributed by atoms with Gasteiger partial charge in [-0.25, -0.2) is 8.78 Å². The quantitative estimate of drug-likeness (QED) is 0.751. The summed E-state index contributed by atoms with van der Waals surface area (Å²) in [5.74, 6) is -3.20. The van der Waals surface area contributed by atoms with E-state index >= 15 is 0 Å². The molecule has 1 amide bonds. The first-order chi connectivity index (χ1) is 11.6. The molecule has 6 nitrogen and oxygen atoms in total. The number of rotatable bonds is 5. The van der Waals surface area contributed by atoms with E-state index in [1.807, 2.05) is 6.07 Å². The standard InChI is InChI=1S/C16H12F2N4O2/c17-11-6-10(13-14(16(19)23)21-22-20-13)7-12(18)15(11)24-8-9-4-2-1-3-5-9/h1-7H,8H2,(H2,19,23)(H,20,21,22). The summed E-state index contributed by atoms with van der Waals surface area (Å²) in [5, 5.41) is 9.47. The molecule has 0 saturated carbocycles. The number of hydrogen-bond donors (Lipinski definition) is 2. The third-order valence-corrected chi connectivity index (χ3v) is 3.28. The predicted octanol–water partition coefficient (Wildman–Crippen LogP) is 2.43. The number of H-pyrrole nitrogens is 1. The van der Waals surface area contributed by atoms with Gasteiger partial charge in [0.2, 0.25) is 0 Å². The molecule has 0 fully saturated rings. The van der Waals surface area contributed by atoms with E-state index in [0.29, 0.717) is 0 Å². The molecule has 0 aliphatic carbocycles. The normalized spacial score (nSPS) is 10.6. The number of benzene rings is 2. The molecule has 3 rings (SSSR count). The summed E-state index contributed by atoms with van der Waals surface area (Å²) in [7, 11) is 0. The van der Waals surface area contributed by atoms with Crippen molar-refractivity contribution in [2.24, 2.45) is 5.73 Å². The van der Waals surface area contributed by atoms with Crippen LogP contribution >= 0.6 is 0 Å². The Morgan fingerprint density at radius 3 is 2.42 bits per heavy atom. The molecule has 0 atom stereocenters. The van der Waals surface area contributed by atoms with Crippen molar-refractivity contribution in [3.8, 4) is 17.0 Å². The van der Waals surface area contributed by atoms with Crippen LogP contribution in [0.4, 0.5) is 8.78 Å². The minimum atomic E-state index is -0.917. The molecule has 2 aromatic carbocycles. The van der Waals surface area contributed by atoms with E-state index in [-0.39, 0.29) is 23.6 Å². The molecule has 1 aromatic heterocycles. The zero-order valence-electron chi connectivity index (χ0n) is 12.3. The Morgan fingerprint density at radius 1 is 1.12 bits per heavy atom. The summed E-state index contributed by atoms with van der Waals surface area (Å²) >= 11 is 0. The van der Waals surface area contributed by atoms with Gasteiger partial charge >= 0.3 is 0 Å². The average Bonchev–Trinajstić information content (AvgIpc) is 3.05. The van der Waals surface area contributed by atoms with Crippen LogP contribution in [0.3, 0.4) is 0 Å². The van der Waals surface area contributed by atoms with E-state index in [4.69, 9.17) is 10.5 Å². The summed E-state index contributed by atoms with van der Waals surface area (Å²) < 4.78 is 33.6. The van der Waals surface area contributed by atoms with Gasteiger partial charge in [-0.1, -0.05) is 30.3 Å². The summed E-state index contributed by atoms with van der Waals surface area (Å²) in [6.45, 7) is 0.0184. The Kier molecular flexibility index (Phi) is 4.19. The van der Waals surface area contributed by atoms with Crippen LogP contribution in [0.15, 0.2) is 42.5 Å². The van der Waals surface area contributed by atoms with Gasteiger partial charge in [-0.15, -0.1) is 0 Å². The molecule has 0 aliphatic heterocycles. The Labute approximate surface area is 135 Å². The second-order valence-corrected chi connectivity index (χ2v) is 4.93. The minimum Gasteiger partial charge on any atom is -0.483 e. The van der Waals surface area contributed by atoms with Crippen LogP contribution in [0, 0.1) is 11.6 Å². The lowest BCUT2D eigenvalue weighted by atomic mass is 10.1. The molecular weight excluding hydrogens is 318 g/mol. The van der Waals surface area contributed by atoms with Gasteiger partial charge < -0.3 is 10.5 Å². The predicted molar refractivity (Wildman–Crippen MR) is 81.0 cm³/mol. The zero-order valence-corrected chi connectivity index (χ0v) is 12.3. The van der Waals surface area contributed by atoms with Crippen molar-refractivity contribution in [2.75, 3.05) is 0 Å². The fourth-order valence-electron chi connectivity index (χ4n) is 2.17. The number of carbonyl (C=O) groups is 1. The lowest BCUT2D eigenvalue weighted by Gasteiger charge is -2.10. The molecule has 0 unspecified atom stereocenters. The number of ether oxygens (including phenoxy) is 1. The molecule has 122 valence electrons. The number of carbonyl (C=O) groups excluding carboxylic acids is 1. The fourth-order valence-corrected chi connectivity index (χ4v) is 2.17. The van der Waals surface area contributed by atoms with Crippen LogP contribution < -0.4 is 10.5 Å². The van der Waals surface area contributed by atoms with Gasteiger partial charge in [0.25, 0.3) is 5.91 Å². The summed E-state index contributed by atoms with van der Waals surface area (Å²) in [6, 6.07) is 11.0. The zero-order chi connectivity index (χ0) is 17.1. The van der Waals surface area contributed by atoms with Crippen molar-refractivity contribution < 1.29 is 18.3 Å². The molecule has 0 saturated heterocycles. The molecule has 0 aliphatic rings.